The van der Waals surface area contributed by atoms with Gasteiger partial charge >= 0.3 is 0 Å². The SMILES string of the molecule is C=CCCOc1ccc2c(c1)C1(C=Cc3c(c(OCCC=C)cc4ccccc34)O1)c1ccc(OCCC=C)cc1C21C=Cc2c(c(OCCC=C)cc3ccccc23)O1. The molecule has 0 aromatic heterocycles. The lowest BCUT2D eigenvalue weighted by molar-refractivity contribution is 0.104. The van der Waals surface area contributed by atoms with Crippen LogP contribution < -0.4 is 28.4 Å². The van der Waals surface area contributed by atoms with Crippen molar-refractivity contribution in [2.75, 3.05) is 26.4 Å². The van der Waals surface area contributed by atoms with Crippen LogP contribution in [0.4, 0.5) is 0 Å². The summed E-state index contributed by atoms with van der Waals surface area (Å²) >= 11 is 0. The van der Waals surface area contributed by atoms with Crippen LogP contribution in [0.3, 0.4) is 0 Å². The summed E-state index contributed by atoms with van der Waals surface area (Å²) in [7, 11) is 0. The van der Waals surface area contributed by atoms with Gasteiger partial charge in [0.1, 0.15) is 11.5 Å². The van der Waals surface area contributed by atoms with Gasteiger partial charge in [-0.05, 0) is 108 Å². The van der Waals surface area contributed by atoms with E-state index in [9.17, 15) is 0 Å². The molecule has 3 aliphatic rings. The van der Waals surface area contributed by atoms with E-state index >= 15 is 0 Å². The molecule has 1 aliphatic carbocycles. The van der Waals surface area contributed by atoms with Crippen molar-refractivity contribution in [2.45, 2.75) is 36.9 Å². The maximum atomic E-state index is 7.58. The van der Waals surface area contributed by atoms with Gasteiger partial charge in [0.25, 0.3) is 0 Å². The molecule has 6 nitrogen and oxygen atoms in total. The van der Waals surface area contributed by atoms with Crippen molar-refractivity contribution in [3.05, 3.63) is 193 Å². The highest BCUT2D eigenvalue weighted by Crippen LogP contribution is 2.59. The summed E-state index contributed by atoms with van der Waals surface area (Å²) in [6.45, 7) is 17.5. The first kappa shape index (κ1) is 38.6. The quantitative estimate of drug-likeness (QED) is 0.0719. The Hall–Kier alpha value is -6.92. The minimum atomic E-state index is -1.14. The molecule has 0 saturated carbocycles. The van der Waals surface area contributed by atoms with Crippen molar-refractivity contribution < 1.29 is 28.4 Å². The highest BCUT2D eigenvalue weighted by atomic mass is 16.5. The standard InChI is InChI=1S/C54H48O6/c1-5-9-29-55-39-21-23-45-47(35-39)53(27-25-43-41-19-15-13-17-37(41)33-49(51(43)59-53)57-31-11-7-3)46-24-22-40(56-30-10-6-2)36-48(46)54(45)28-26-44-42-20-16-14-18-38(42)34-50(52(44)60-54)58-32-12-8-4/h5-8,13-28,33-36H,1-4,9-12,29-32H2. The van der Waals surface area contributed by atoms with Crippen LogP contribution in [-0.2, 0) is 11.2 Å². The molecule has 6 aromatic rings. The lowest BCUT2D eigenvalue weighted by Gasteiger charge is -2.49. The molecule has 0 radical (unpaired) electrons. The van der Waals surface area contributed by atoms with Gasteiger partial charge in [-0.3, -0.25) is 0 Å². The van der Waals surface area contributed by atoms with Crippen LogP contribution in [-0.4, -0.2) is 26.4 Å². The van der Waals surface area contributed by atoms with E-state index in [0.29, 0.717) is 86.6 Å². The Morgan fingerprint density at radius 2 is 0.850 bits per heavy atom. The molecule has 6 heteroatoms. The third kappa shape index (κ3) is 6.62. The molecule has 0 N–H and O–H groups in total. The van der Waals surface area contributed by atoms with Gasteiger partial charge in [-0.2, -0.15) is 0 Å². The molecule has 0 saturated heterocycles. The average Bonchev–Trinajstić information content (AvgIpc) is 3.28. The lowest BCUT2D eigenvalue weighted by Crippen LogP contribution is -2.48. The highest BCUT2D eigenvalue weighted by Gasteiger charge is 2.54. The van der Waals surface area contributed by atoms with E-state index in [1.165, 1.54) is 0 Å². The normalized spacial score (nSPS) is 17.7. The van der Waals surface area contributed by atoms with Crippen molar-refractivity contribution in [1.29, 1.82) is 0 Å². The molecule has 2 atom stereocenters. The number of hydrogen-bond acceptors (Lipinski definition) is 6. The first-order valence-electron chi connectivity index (χ1n) is 20.7. The van der Waals surface area contributed by atoms with Crippen LogP contribution in [0.25, 0.3) is 33.7 Å². The number of rotatable bonds is 16. The summed E-state index contributed by atoms with van der Waals surface area (Å²) in [5.41, 5.74) is 3.17. The van der Waals surface area contributed by atoms with Crippen molar-refractivity contribution in [1.82, 2.24) is 0 Å². The minimum absolute atomic E-state index is 0.460. The van der Waals surface area contributed by atoms with Crippen LogP contribution in [0.1, 0.15) is 59.1 Å². The van der Waals surface area contributed by atoms with Crippen LogP contribution in [0, 0.1) is 0 Å². The molecular weight excluding hydrogens is 745 g/mol. The summed E-state index contributed by atoms with van der Waals surface area (Å²) in [5.74, 6) is 4.06. The van der Waals surface area contributed by atoms with Gasteiger partial charge in [0.05, 0.1) is 26.4 Å². The fourth-order valence-corrected chi connectivity index (χ4v) is 8.59. The summed E-state index contributed by atoms with van der Waals surface area (Å²) in [4.78, 5) is 0. The summed E-state index contributed by atoms with van der Waals surface area (Å²) in [6, 6.07) is 33.2. The fourth-order valence-electron chi connectivity index (χ4n) is 8.59. The summed E-state index contributed by atoms with van der Waals surface area (Å²) in [6.07, 6.45) is 18.9. The Labute approximate surface area is 352 Å². The predicted molar refractivity (Wildman–Crippen MR) is 243 cm³/mol. The first-order chi connectivity index (χ1) is 29.5. The zero-order valence-corrected chi connectivity index (χ0v) is 33.8. The maximum absolute atomic E-state index is 7.58. The Kier molecular flexibility index (Phi) is 10.5. The Morgan fingerprint density at radius 3 is 1.27 bits per heavy atom. The third-order valence-corrected chi connectivity index (χ3v) is 11.4. The molecule has 0 fully saturated rings. The zero-order valence-electron chi connectivity index (χ0n) is 33.8. The van der Waals surface area contributed by atoms with Gasteiger partial charge in [0, 0.05) is 33.4 Å². The first-order valence-corrected chi connectivity index (χ1v) is 20.7. The molecule has 60 heavy (non-hydrogen) atoms. The van der Waals surface area contributed by atoms with E-state index in [1.807, 2.05) is 48.6 Å². The Morgan fingerprint density at radius 1 is 0.450 bits per heavy atom. The van der Waals surface area contributed by atoms with Gasteiger partial charge in [0.2, 0.25) is 0 Å². The molecular formula is C54H48O6. The van der Waals surface area contributed by atoms with Crippen molar-refractivity contribution >= 4 is 33.7 Å². The zero-order chi connectivity index (χ0) is 41.1. The largest absolute Gasteiger partial charge is 0.493 e. The van der Waals surface area contributed by atoms with Gasteiger partial charge in [0.15, 0.2) is 34.2 Å². The topological polar surface area (TPSA) is 55.4 Å². The fraction of sp³-hybridized carbons (Fsp3) is 0.185. The second kappa shape index (κ2) is 16.4. The molecule has 0 bridgehead atoms. The van der Waals surface area contributed by atoms with E-state index in [4.69, 9.17) is 28.4 Å². The summed E-state index contributed by atoms with van der Waals surface area (Å²) < 4.78 is 40.9. The Balaban J connectivity index is 1.30. The molecule has 9 rings (SSSR count). The van der Waals surface area contributed by atoms with Gasteiger partial charge < -0.3 is 28.4 Å². The van der Waals surface area contributed by atoms with E-state index < -0.39 is 11.2 Å². The molecule has 300 valence electrons. The third-order valence-electron chi connectivity index (χ3n) is 11.4. The predicted octanol–water partition coefficient (Wildman–Crippen LogP) is 12.8. The van der Waals surface area contributed by atoms with Crippen LogP contribution in [0.2, 0.25) is 0 Å². The monoisotopic (exact) mass is 792 g/mol. The van der Waals surface area contributed by atoms with Crippen molar-refractivity contribution in [3.8, 4) is 34.5 Å². The van der Waals surface area contributed by atoms with E-state index in [0.717, 1.165) is 54.9 Å². The van der Waals surface area contributed by atoms with E-state index in [-0.39, 0.29) is 0 Å². The van der Waals surface area contributed by atoms with Crippen LogP contribution in [0.15, 0.2) is 160 Å². The average molecular weight is 793 g/mol. The van der Waals surface area contributed by atoms with Crippen molar-refractivity contribution in [3.63, 3.8) is 0 Å². The van der Waals surface area contributed by atoms with Crippen LogP contribution >= 0.6 is 0 Å². The second-order valence-corrected chi connectivity index (χ2v) is 15.1. The smallest absolute Gasteiger partial charge is 0.179 e. The molecule has 0 amide bonds. The number of ether oxygens (including phenoxy) is 6. The molecule has 2 aliphatic heterocycles. The lowest BCUT2D eigenvalue weighted by atomic mass is 9.65. The number of fused-ring (bicyclic) bond motifs is 12. The van der Waals surface area contributed by atoms with Gasteiger partial charge in [-0.15, -0.1) is 26.3 Å². The molecule has 2 spiro atoms. The minimum Gasteiger partial charge on any atom is -0.493 e. The van der Waals surface area contributed by atoms with E-state index in [1.54, 1.807) is 0 Å². The number of hydrogen-bond donors (Lipinski definition) is 0. The van der Waals surface area contributed by atoms with E-state index in [2.05, 4.69) is 123 Å². The maximum Gasteiger partial charge on any atom is 0.179 e. The van der Waals surface area contributed by atoms with Crippen molar-refractivity contribution in [2.24, 2.45) is 0 Å². The van der Waals surface area contributed by atoms with Gasteiger partial charge in [-0.25, -0.2) is 0 Å². The second-order valence-electron chi connectivity index (χ2n) is 15.1. The number of benzene rings is 6. The van der Waals surface area contributed by atoms with Crippen LogP contribution in [0.5, 0.6) is 34.5 Å². The Bertz CT molecular complexity index is 2540. The molecule has 2 heterocycles. The van der Waals surface area contributed by atoms with Gasteiger partial charge in [-0.1, -0.05) is 85.0 Å². The molecule has 6 aromatic carbocycles. The molecule has 2 unspecified atom stereocenters. The summed E-state index contributed by atoms with van der Waals surface area (Å²) in [5, 5.41) is 4.27. The highest BCUT2D eigenvalue weighted by molar-refractivity contribution is 5.98.